The summed E-state index contributed by atoms with van der Waals surface area (Å²) in [5.74, 6) is 1.16. The number of nitrogens with one attached hydrogen (secondary N) is 2. The summed E-state index contributed by atoms with van der Waals surface area (Å²) in [6.45, 7) is 1.58. The van der Waals surface area contributed by atoms with E-state index in [0.717, 1.165) is 29.5 Å². The highest BCUT2D eigenvalue weighted by molar-refractivity contribution is 7.13. The minimum absolute atomic E-state index is 0.275. The van der Waals surface area contributed by atoms with Gasteiger partial charge in [0.15, 0.2) is 5.13 Å². The van der Waals surface area contributed by atoms with E-state index in [1.54, 1.807) is 11.7 Å². The molecule has 3 N–H and O–H groups in total. The Morgan fingerprint density at radius 3 is 3.08 bits per heavy atom. The van der Waals surface area contributed by atoms with Crippen molar-refractivity contribution in [2.24, 2.45) is 0 Å². The molecule has 0 saturated heterocycles. The first kappa shape index (κ1) is 16.3. The number of amides is 1. The van der Waals surface area contributed by atoms with Gasteiger partial charge in [-0.05, 0) is 12.8 Å². The summed E-state index contributed by atoms with van der Waals surface area (Å²) in [6, 6.07) is 1.89. The maximum absolute atomic E-state index is 11.2. The van der Waals surface area contributed by atoms with E-state index < -0.39 is 0 Å². The Hall–Kier alpha value is -2.52. The Labute approximate surface area is 143 Å². The minimum Gasteiger partial charge on any atom is -0.352 e. The molecule has 3 heterocycles. The van der Waals surface area contributed by atoms with E-state index in [1.165, 1.54) is 17.7 Å². The zero-order valence-electron chi connectivity index (χ0n) is 13.0. The second-order valence-electron chi connectivity index (χ2n) is 5.33. The number of rotatable bonds is 6. The van der Waals surface area contributed by atoms with Crippen LogP contribution in [0.1, 0.15) is 19.3 Å². The van der Waals surface area contributed by atoms with Crippen molar-refractivity contribution < 1.29 is 10.0 Å². The van der Waals surface area contributed by atoms with E-state index in [9.17, 15) is 4.79 Å². The van der Waals surface area contributed by atoms with Crippen LogP contribution < -0.4 is 15.7 Å². The highest BCUT2D eigenvalue weighted by Crippen LogP contribution is 2.23. The average Bonchev–Trinajstić information content (AvgIpc) is 3.13. The highest BCUT2D eigenvalue weighted by atomic mass is 32.1. The number of aromatic nitrogens is 3. The zero-order valence-corrected chi connectivity index (χ0v) is 13.8. The zero-order chi connectivity index (χ0) is 16.8. The van der Waals surface area contributed by atoms with E-state index in [0.29, 0.717) is 18.8 Å². The molecule has 0 unspecified atom stereocenters. The lowest BCUT2D eigenvalue weighted by Gasteiger charge is -2.28. The van der Waals surface area contributed by atoms with Crippen molar-refractivity contribution in [2.45, 2.75) is 19.3 Å². The molecule has 9 heteroatoms. The van der Waals surface area contributed by atoms with E-state index in [1.807, 2.05) is 11.4 Å². The van der Waals surface area contributed by atoms with Gasteiger partial charge >= 0.3 is 0 Å². The largest absolute Gasteiger partial charge is 0.352 e. The second-order valence-corrected chi connectivity index (χ2v) is 6.23. The predicted octanol–water partition coefficient (Wildman–Crippen LogP) is 2.10. The molecule has 0 fully saturated rings. The van der Waals surface area contributed by atoms with Crippen molar-refractivity contribution in [1.29, 1.82) is 0 Å². The Kier molecular flexibility index (Phi) is 5.34. The molecular weight excluding hydrogens is 328 g/mol. The average molecular weight is 346 g/mol. The summed E-state index contributed by atoms with van der Waals surface area (Å²) in [7, 11) is 0. The van der Waals surface area contributed by atoms with E-state index in [2.05, 4.69) is 31.2 Å². The van der Waals surface area contributed by atoms with Gasteiger partial charge < -0.3 is 10.2 Å². The topological polar surface area (TPSA) is 103 Å². The Morgan fingerprint density at radius 2 is 2.29 bits per heavy atom. The van der Waals surface area contributed by atoms with Crippen molar-refractivity contribution in [3.63, 3.8) is 0 Å². The van der Waals surface area contributed by atoms with E-state index >= 15 is 0 Å². The lowest BCUT2D eigenvalue weighted by atomic mass is 10.0. The van der Waals surface area contributed by atoms with E-state index in [4.69, 9.17) is 5.21 Å². The quantitative estimate of drug-likeness (QED) is 0.418. The monoisotopic (exact) mass is 346 g/mol. The van der Waals surface area contributed by atoms with Gasteiger partial charge in [0.05, 0.1) is 0 Å². The molecule has 1 aliphatic heterocycles. The lowest BCUT2D eigenvalue weighted by molar-refractivity contribution is -0.129. The van der Waals surface area contributed by atoms with Crippen molar-refractivity contribution in [3.8, 4) is 0 Å². The Morgan fingerprint density at radius 1 is 1.38 bits per heavy atom. The van der Waals surface area contributed by atoms with Crippen molar-refractivity contribution in [3.05, 3.63) is 35.6 Å². The molecule has 1 aliphatic rings. The van der Waals surface area contributed by atoms with Crippen LogP contribution in [0.15, 0.2) is 35.6 Å². The molecule has 0 spiro atoms. The molecule has 24 heavy (non-hydrogen) atoms. The fourth-order valence-electron chi connectivity index (χ4n) is 2.50. The van der Waals surface area contributed by atoms with Gasteiger partial charge in [-0.3, -0.25) is 10.0 Å². The fourth-order valence-corrected chi connectivity index (χ4v) is 3.04. The molecule has 2 aromatic heterocycles. The van der Waals surface area contributed by atoms with Crippen molar-refractivity contribution >= 4 is 34.0 Å². The third-order valence-corrected chi connectivity index (χ3v) is 4.36. The molecule has 1 amide bonds. The lowest BCUT2D eigenvalue weighted by Crippen LogP contribution is -2.31. The molecule has 2 aromatic rings. The minimum atomic E-state index is -0.370. The van der Waals surface area contributed by atoms with Crippen LogP contribution in [0.25, 0.3) is 0 Å². The predicted molar refractivity (Wildman–Crippen MR) is 91.5 cm³/mol. The molecule has 8 nitrogen and oxygen atoms in total. The molecule has 0 atom stereocenters. The van der Waals surface area contributed by atoms with Crippen LogP contribution in [0, 0.1) is 0 Å². The summed E-state index contributed by atoms with van der Waals surface area (Å²) < 4.78 is 0. The van der Waals surface area contributed by atoms with Crippen LogP contribution >= 0.6 is 11.3 Å². The van der Waals surface area contributed by atoms with Crippen LogP contribution in [0.3, 0.4) is 0 Å². The fraction of sp³-hybridized carbons (Fsp3) is 0.333. The third kappa shape index (κ3) is 4.27. The number of hydroxylamine groups is 1. The summed E-state index contributed by atoms with van der Waals surface area (Å²) in [5.41, 5.74) is 2.83. The first-order valence-electron chi connectivity index (χ1n) is 7.59. The summed E-state index contributed by atoms with van der Waals surface area (Å²) in [4.78, 5) is 26.1. The Balaban J connectivity index is 1.64. The third-order valence-electron chi connectivity index (χ3n) is 3.67. The van der Waals surface area contributed by atoms with Gasteiger partial charge in [0.25, 0.3) is 0 Å². The van der Waals surface area contributed by atoms with Crippen molar-refractivity contribution in [2.75, 3.05) is 23.3 Å². The van der Waals surface area contributed by atoms with Gasteiger partial charge in [-0.25, -0.2) is 20.4 Å². The number of thiazole rings is 1. The van der Waals surface area contributed by atoms with E-state index in [-0.39, 0.29) is 12.3 Å². The molecule has 0 saturated carbocycles. The first-order chi connectivity index (χ1) is 11.7. The van der Waals surface area contributed by atoms with Gasteiger partial charge in [0.1, 0.15) is 18.0 Å². The number of carbonyl (C=O) groups is 1. The smallest absolute Gasteiger partial charge is 0.243 e. The van der Waals surface area contributed by atoms with Crippen LogP contribution in [0.4, 0.5) is 16.8 Å². The molecule has 0 bridgehead atoms. The maximum Gasteiger partial charge on any atom is 0.243 e. The van der Waals surface area contributed by atoms with Gasteiger partial charge in [-0.2, -0.15) is 0 Å². The van der Waals surface area contributed by atoms with Crippen LogP contribution in [-0.4, -0.2) is 39.2 Å². The number of hydrogen-bond acceptors (Lipinski definition) is 8. The number of nitrogens with zero attached hydrogens (tertiary/aromatic N) is 4. The number of carbonyl (C=O) groups excluding carboxylic acids is 1. The van der Waals surface area contributed by atoms with Gasteiger partial charge in [-0.1, -0.05) is 11.6 Å². The number of hydrogen-bond donors (Lipinski definition) is 3. The summed E-state index contributed by atoms with van der Waals surface area (Å²) in [5, 5.41) is 14.4. The number of anilines is 3. The summed E-state index contributed by atoms with van der Waals surface area (Å²) in [6.07, 6.45) is 7.21. The SMILES string of the molecule is O=C(CCC1=CCCN(c2cc(Nc3nccs3)ncn2)C1)NO. The molecular formula is C15H18N6O2S. The normalized spacial score (nSPS) is 14.2. The highest BCUT2D eigenvalue weighted by Gasteiger charge is 2.16. The molecule has 3 rings (SSSR count). The molecule has 0 aliphatic carbocycles. The summed E-state index contributed by atoms with van der Waals surface area (Å²) >= 11 is 1.51. The van der Waals surface area contributed by atoms with Gasteiger partial charge in [0, 0.05) is 37.2 Å². The first-order valence-corrected chi connectivity index (χ1v) is 8.47. The van der Waals surface area contributed by atoms with Gasteiger partial charge in [-0.15, -0.1) is 11.3 Å². The molecule has 0 aromatic carbocycles. The standard InChI is InChI=1S/C15H18N6O2S/c22-14(20-23)4-3-11-2-1-6-21(9-11)13-8-12(17-10-18-13)19-15-16-5-7-24-15/h2,5,7-8,10,23H,1,3-4,6,9H2,(H,20,22)(H,16,17,18,19). The van der Waals surface area contributed by atoms with Crippen LogP contribution in [-0.2, 0) is 4.79 Å². The Bertz CT molecular complexity index is 719. The molecule has 0 radical (unpaired) electrons. The second kappa shape index (κ2) is 7.84. The molecule has 126 valence electrons. The van der Waals surface area contributed by atoms with Crippen LogP contribution in [0.2, 0.25) is 0 Å². The maximum atomic E-state index is 11.2. The van der Waals surface area contributed by atoms with Gasteiger partial charge in [0.2, 0.25) is 5.91 Å². The van der Waals surface area contributed by atoms with Crippen molar-refractivity contribution in [1.82, 2.24) is 20.4 Å². The van der Waals surface area contributed by atoms with Crippen LogP contribution in [0.5, 0.6) is 0 Å².